The number of halogens is 2. The van der Waals surface area contributed by atoms with Crippen LogP contribution in [0.2, 0.25) is 10.0 Å². The average Bonchev–Trinajstić information content (AvgIpc) is 2.46. The first-order valence-electron chi connectivity index (χ1n) is 5.87. The molecule has 0 aliphatic heterocycles. The topological polar surface area (TPSA) is 79.0 Å². The van der Waals surface area contributed by atoms with Gasteiger partial charge < -0.3 is 5.32 Å². The van der Waals surface area contributed by atoms with Crippen LogP contribution in [0.1, 0.15) is 11.1 Å². The summed E-state index contributed by atoms with van der Waals surface area (Å²) in [4.78, 5) is 10.3. The fourth-order valence-corrected chi connectivity index (χ4v) is 2.12. The summed E-state index contributed by atoms with van der Waals surface area (Å²) in [5, 5.41) is 23.5. The summed E-state index contributed by atoms with van der Waals surface area (Å²) in [5.41, 5.74) is 1.54. The lowest BCUT2D eigenvalue weighted by molar-refractivity contribution is -0.384. The molecule has 0 aliphatic carbocycles. The van der Waals surface area contributed by atoms with Gasteiger partial charge in [-0.05, 0) is 29.8 Å². The molecule has 106 valence electrons. The third-order valence-electron chi connectivity index (χ3n) is 2.79. The molecule has 7 heteroatoms. The smallest absolute Gasteiger partial charge is 0.288 e. The van der Waals surface area contributed by atoms with Crippen molar-refractivity contribution in [2.45, 2.75) is 6.54 Å². The maximum atomic E-state index is 10.8. The van der Waals surface area contributed by atoms with Gasteiger partial charge in [0.25, 0.3) is 5.69 Å². The van der Waals surface area contributed by atoms with Crippen molar-refractivity contribution in [2.75, 3.05) is 5.32 Å². The lowest BCUT2D eigenvalue weighted by Gasteiger charge is -2.09. The van der Waals surface area contributed by atoms with E-state index in [0.29, 0.717) is 28.4 Å². The molecule has 0 unspecified atom stereocenters. The molecule has 0 radical (unpaired) electrons. The van der Waals surface area contributed by atoms with Crippen molar-refractivity contribution in [3.05, 3.63) is 67.7 Å². The third kappa shape index (κ3) is 3.63. The van der Waals surface area contributed by atoms with Crippen molar-refractivity contribution in [2.24, 2.45) is 0 Å². The Bertz CT molecular complexity index is 741. The van der Waals surface area contributed by atoms with Crippen molar-refractivity contribution in [3.63, 3.8) is 0 Å². The molecule has 0 saturated heterocycles. The summed E-state index contributed by atoms with van der Waals surface area (Å²) in [6, 6.07) is 11.5. The Morgan fingerprint density at radius 2 is 2.00 bits per heavy atom. The van der Waals surface area contributed by atoms with E-state index in [2.05, 4.69) is 5.32 Å². The quantitative estimate of drug-likeness (QED) is 0.669. The van der Waals surface area contributed by atoms with Gasteiger partial charge in [-0.3, -0.25) is 10.1 Å². The Morgan fingerprint density at radius 1 is 1.24 bits per heavy atom. The molecule has 0 fully saturated rings. The zero-order chi connectivity index (χ0) is 15.4. The Kier molecular flexibility index (Phi) is 4.63. The van der Waals surface area contributed by atoms with Crippen LogP contribution in [0.5, 0.6) is 0 Å². The predicted molar refractivity (Wildman–Crippen MR) is 81.6 cm³/mol. The monoisotopic (exact) mass is 321 g/mol. The molecule has 21 heavy (non-hydrogen) atoms. The van der Waals surface area contributed by atoms with E-state index < -0.39 is 4.92 Å². The first-order valence-corrected chi connectivity index (χ1v) is 6.63. The molecule has 0 aliphatic rings. The van der Waals surface area contributed by atoms with Crippen molar-refractivity contribution in [1.82, 2.24) is 0 Å². The van der Waals surface area contributed by atoms with Crippen molar-refractivity contribution in [3.8, 4) is 6.07 Å². The molecule has 0 spiro atoms. The predicted octanol–water partition coefficient (Wildman–Crippen LogP) is 4.39. The van der Waals surface area contributed by atoms with E-state index in [1.807, 2.05) is 6.07 Å². The molecule has 5 nitrogen and oxygen atoms in total. The Labute approximate surface area is 130 Å². The van der Waals surface area contributed by atoms with Crippen LogP contribution in [0.3, 0.4) is 0 Å². The van der Waals surface area contributed by atoms with Gasteiger partial charge in [0.05, 0.1) is 16.2 Å². The summed E-state index contributed by atoms with van der Waals surface area (Å²) in [6.45, 7) is 0.313. The number of nitrogens with one attached hydrogen (secondary N) is 1. The minimum Gasteiger partial charge on any atom is -0.380 e. The van der Waals surface area contributed by atoms with Crippen LogP contribution in [-0.2, 0) is 6.54 Å². The summed E-state index contributed by atoms with van der Waals surface area (Å²) in [5.74, 6) is 0. The number of hydrogen-bond donors (Lipinski definition) is 1. The normalized spacial score (nSPS) is 9.95. The molecule has 0 saturated carbocycles. The lowest BCUT2D eigenvalue weighted by Crippen LogP contribution is -2.02. The number of nitro groups is 1. The van der Waals surface area contributed by atoms with Crippen LogP contribution in [-0.4, -0.2) is 4.92 Å². The lowest BCUT2D eigenvalue weighted by atomic mass is 10.1. The molecule has 0 heterocycles. The number of anilines is 1. The van der Waals surface area contributed by atoms with Crippen LogP contribution >= 0.6 is 23.2 Å². The Balaban J connectivity index is 2.21. The van der Waals surface area contributed by atoms with E-state index in [1.165, 1.54) is 12.1 Å². The number of nitriles is 1. The first-order chi connectivity index (χ1) is 10.0. The number of nitro benzene ring substituents is 1. The van der Waals surface area contributed by atoms with Crippen molar-refractivity contribution < 1.29 is 4.92 Å². The van der Waals surface area contributed by atoms with Gasteiger partial charge in [0.1, 0.15) is 11.1 Å². The summed E-state index contributed by atoms with van der Waals surface area (Å²) in [6.07, 6.45) is 0. The maximum Gasteiger partial charge on any atom is 0.288 e. The number of benzene rings is 2. The SMILES string of the molecule is N#Cc1ccc(Cl)cc1NCc1ccc(Cl)c([N+](=O)[O-])c1. The van der Waals surface area contributed by atoms with E-state index in [4.69, 9.17) is 28.5 Å². The van der Waals surface area contributed by atoms with Gasteiger partial charge in [-0.2, -0.15) is 5.26 Å². The van der Waals surface area contributed by atoms with Crippen LogP contribution < -0.4 is 5.32 Å². The number of rotatable bonds is 4. The van der Waals surface area contributed by atoms with Gasteiger partial charge in [0, 0.05) is 17.6 Å². The van der Waals surface area contributed by atoms with Crippen molar-refractivity contribution in [1.29, 1.82) is 5.26 Å². The van der Waals surface area contributed by atoms with Gasteiger partial charge in [0.15, 0.2) is 0 Å². The number of hydrogen-bond acceptors (Lipinski definition) is 4. The number of nitrogens with zero attached hydrogens (tertiary/aromatic N) is 2. The van der Waals surface area contributed by atoms with E-state index >= 15 is 0 Å². The van der Waals surface area contributed by atoms with Gasteiger partial charge in [0.2, 0.25) is 0 Å². The van der Waals surface area contributed by atoms with Crippen LogP contribution in [0, 0.1) is 21.4 Å². The Hall–Kier alpha value is -2.29. The fraction of sp³-hybridized carbons (Fsp3) is 0.0714. The standard InChI is InChI=1S/C14H9Cl2N3O2/c15-11-3-2-10(7-17)13(6-11)18-8-9-1-4-12(16)14(5-9)19(20)21/h1-6,18H,8H2. The zero-order valence-electron chi connectivity index (χ0n) is 10.6. The minimum atomic E-state index is -0.536. The van der Waals surface area contributed by atoms with Crippen LogP contribution in [0.15, 0.2) is 36.4 Å². The third-order valence-corrected chi connectivity index (χ3v) is 3.35. The molecule has 0 atom stereocenters. The zero-order valence-corrected chi connectivity index (χ0v) is 12.1. The highest BCUT2D eigenvalue weighted by molar-refractivity contribution is 6.32. The molecular weight excluding hydrogens is 313 g/mol. The van der Waals surface area contributed by atoms with Gasteiger partial charge in [-0.25, -0.2) is 0 Å². The van der Waals surface area contributed by atoms with Gasteiger partial charge in [-0.1, -0.05) is 29.3 Å². The van der Waals surface area contributed by atoms with E-state index in [-0.39, 0.29) is 10.7 Å². The molecular formula is C14H9Cl2N3O2. The molecule has 1 N–H and O–H groups in total. The summed E-state index contributed by atoms with van der Waals surface area (Å²) >= 11 is 11.6. The molecule has 0 amide bonds. The molecule has 2 aromatic carbocycles. The van der Waals surface area contributed by atoms with Gasteiger partial charge >= 0.3 is 0 Å². The van der Waals surface area contributed by atoms with E-state index in [0.717, 1.165) is 0 Å². The highest BCUT2D eigenvalue weighted by Gasteiger charge is 2.12. The van der Waals surface area contributed by atoms with Crippen LogP contribution in [0.25, 0.3) is 0 Å². The first kappa shape index (κ1) is 15.1. The summed E-state index contributed by atoms with van der Waals surface area (Å²) in [7, 11) is 0. The van der Waals surface area contributed by atoms with E-state index in [9.17, 15) is 10.1 Å². The van der Waals surface area contributed by atoms with Crippen LogP contribution in [0.4, 0.5) is 11.4 Å². The fourth-order valence-electron chi connectivity index (χ4n) is 1.77. The summed E-state index contributed by atoms with van der Waals surface area (Å²) < 4.78 is 0. The highest BCUT2D eigenvalue weighted by Crippen LogP contribution is 2.26. The molecule has 0 aromatic heterocycles. The molecule has 2 rings (SSSR count). The average molecular weight is 322 g/mol. The largest absolute Gasteiger partial charge is 0.380 e. The highest BCUT2D eigenvalue weighted by atomic mass is 35.5. The molecule has 2 aromatic rings. The molecule has 0 bridgehead atoms. The maximum absolute atomic E-state index is 10.8. The second-order valence-electron chi connectivity index (χ2n) is 4.20. The van der Waals surface area contributed by atoms with Crippen molar-refractivity contribution >= 4 is 34.6 Å². The second kappa shape index (κ2) is 6.44. The van der Waals surface area contributed by atoms with E-state index in [1.54, 1.807) is 24.3 Å². The second-order valence-corrected chi connectivity index (χ2v) is 5.04. The minimum absolute atomic E-state index is 0.0872. The van der Waals surface area contributed by atoms with Gasteiger partial charge in [-0.15, -0.1) is 0 Å². The Morgan fingerprint density at radius 3 is 2.67 bits per heavy atom.